The summed E-state index contributed by atoms with van der Waals surface area (Å²) in [5.41, 5.74) is 0.313. The van der Waals surface area contributed by atoms with E-state index in [0.717, 1.165) is 44.8 Å². The Morgan fingerprint density at radius 3 is 2.34 bits per heavy atom. The summed E-state index contributed by atoms with van der Waals surface area (Å²) in [5.74, 6) is -0.334. The van der Waals surface area contributed by atoms with E-state index in [0.29, 0.717) is 37.5 Å². The Balaban J connectivity index is 1.28. The van der Waals surface area contributed by atoms with Gasteiger partial charge in [0.15, 0.2) is 18.2 Å². The van der Waals surface area contributed by atoms with Crippen molar-refractivity contribution in [1.29, 1.82) is 0 Å². The fraction of sp³-hybridized carbons (Fsp3) is 0.853. The maximum atomic E-state index is 13.8. The molecule has 10 heteroatoms. The molecule has 13 atom stereocenters. The fourth-order valence-electron chi connectivity index (χ4n) is 10.1. The molecule has 44 heavy (non-hydrogen) atoms. The van der Waals surface area contributed by atoms with Crippen LogP contribution in [0.5, 0.6) is 0 Å². The van der Waals surface area contributed by atoms with Crippen LogP contribution in [0.4, 0.5) is 0 Å². The van der Waals surface area contributed by atoms with E-state index >= 15 is 0 Å². The van der Waals surface area contributed by atoms with Crippen molar-refractivity contribution in [3.05, 3.63) is 11.3 Å². The van der Waals surface area contributed by atoms with Crippen molar-refractivity contribution in [3.63, 3.8) is 0 Å². The monoisotopic (exact) mass is 620 g/mol. The van der Waals surface area contributed by atoms with Gasteiger partial charge in [-0.2, -0.15) is 0 Å². The van der Waals surface area contributed by atoms with Crippen molar-refractivity contribution >= 4 is 17.5 Å². The number of esters is 1. The number of allylic oxidation sites excluding steroid dienone is 2. The van der Waals surface area contributed by atoms with Crippen molar-refractivity contribution < 1.29 is 49.0 Å². The normalized spacial score (nSPS) is 44.5. The lowest BCUT2D eigenvalue weighted by atomic mass is 9.44. The molecule has 0 bridgehead atoms. The maximum absolute atomic E-state index is 13.8. The summed E-state index contributed by atoms with van der Waals surface area (Å²) in [5, 5.41) is 42.4. The van der Waals surface area contributed by atoms with Crippen molar-refractivity contribution in [2.24, 2.45) is 46.3 Å². The summed E-state index contributed by atoms with van der Waals surface area (Å²) in [6, 6.07) is 0. The number of hydrogen-bond donors (Lipinski definition) is 4. The quantitative estimate of drug-likeness (QED) is 0.233. The average molecular weight is 621 g/mol. The number of methoxy groups -OCH3 is 1. The summed E-state index contributed by atoms with van der Waals surface area (Å²) in [4.78, 5) is 38.6. The first-order chi connectivity index (χ1) is 20.6. The zero-order valence-electron chi connectivity index (χ0n) is 27.0. The molecule has 0 radical (unpaired) electrons. The zero-order valence-corrected chi connectivity index (χ0v) is 27.0. The highest BCUT2D eigenvalue weighted by atomic mass is 16.7. The van der Waals surface area contributed by atoms with Crippen LogP contribution in [-0.2, 0) is 28.6 Å². The number of aliphatic hydroxyl groups is 4. The highest BCUT2D eigenvalue weighted by molar-refractivity contribution is 6.00. The molecule has 4 aliphatic carbocycles. The zero-order chi connectivity index (χ0) is 32.3. The van der Waals surface area contributed by atoms with Crippen LogP contribution >= 0.6 is 0 Å². The molecule has 0 aromatic heterocycles. The van der Waals surface area contributed by atoms with Crippen molar-refractivity contribution in [1.82, 2.24) is 0 Å². The van der Waals surface area contributed by atoms with Gasteiger partial charge in [-0.15, -0.1) is 0 Å². The van der Waals surface area contributed by atoms with E-state index < -0.39 is 42.1 Å². The molecular formula is C34H52O10. The number of ether oxygens (including phenoxy) is 3. The minimum atomic E-state index is -1.63. The van der Waals surface area contributed by atoms with Crippen LogP contribution in [0.1, 0.15) is 92.4 Å². The van der Waals surface area contributed by atoms with Crippen molar-refractivity contribution in [2.45, 2.75) is 129 Å². The average Bonchev–Trinajstić information content (AvgIpc) is 3.16. The predicted molar refractivity (Wildman–Crippen MR) is 159 cm³/mol. The lowest BCUT2D eigenvalue weighted by molar-refractivity contribution is -0.310. The van der Waals surface area contributed by atoms with Gasteiger partial charge < -0.3 is 34.6 Å². The lowest BCUT2D eigenvalue weighted by Crippen LogP contribution is -2.61. The molecule has 1 heterocycles. The summed E-state index contributed by atoms with van der Waals surface area (Å²) in [7, 11) is 1.16. The summed E-state index contributed by atoms with van der Waals surface area (Å²) in [6.45, 7) is 10.5. The Labute approximate surface area is 260 Å². The van der Waals surface area contributed by atoms with E-state index in [4.69, 9.17) is 9.47 Å². The largest absolute Gasteiger partial charge is 0.504 e. The number of carbonyl (C=O) groups is 3. The topological polar surface area (TPSA) is 160 Å². The van der Waals surface area contributed by atoms with Gasteiger partial charge in [-0.1, -0.05) is 34.6 Å². The molecule has 4 N–H and O–H groups in total. The van der Waals surface area contributed by atoms with Crippen molar-refractivity contribution in [2.75, 3.05) is 7.11 Å². The van der Waals surface area contributed by atoms with Gasteiger partial charge in [-0.3, -0.25) is 9.59 Å². The highest BCUT2D eigenvalue weighted by Gasteiger charge is 2.63. The highest BCUT2D eigenvalue weighted by Crippen LogP contribution is 2.67. The van der Waals surface area contributed by atoms with Gasteiger partial charge in [-0.25, -0.2) is 4.79 Å². The second-order valence-corrected chi connectivity index (χ2v) is 15.3. The third-order valence-electron chi connectivity index (χ3n) is 12.2. The summed E-state index contributed by atoms with van der Waals surface area (Å²) in [6.07, 6.45) is -1.17. The minimum absolute atomic E-state index is 0.0299. The van der Waals surface area contributed by atoms with E-state index in [9.17, 15) is 34.8 Å². The van der Waals surface area contributed by atoms with Crippen LogP contribution in [0.25, 0.3) is 0 Å². The Morgan fingerprint density at radius 1 is 0.977 bits per heavy atom. The van der Waals surface area contributed by atoms with Gasteiger partial charge in [0.25, 0.3) is 0 Å². The maximum Gasteiger partial charge on any atom is 0.337 e. The second kappa shape index (κ2) is 12.4. The molecule has 248 valence electrons. The Bertz CT molecular complexity index is 1160. The van der Waals surface area contributed by atoms with E-state index in [2.05, 4.69) is 18.6 Å². The van der Waals surface area contributed by atoms with Crippen LogP contribution in [0.2, 0.25) is 0 Å². The molecule has 5 aliphatic rings. The van der Waals surface area contributed by atoms with E-state index in [1.807, 2.05) is 20.8 Å². The molecule has 0 aromatic rings. The minimum Gasteiger partial charge on any atom is -0.504 e. The molecule has 1 saturated heterocycles. The molecule has 0 amide bonds. The van der Waals surface area contributed by atoms with Crippen LogP contribution in [0.3, 0.4) is 0 Å². The van der Waals surface area contributed by atoms with Crippen molar-refractivity contribution in [3.8, 4) is 0 Å². The number of aliphatic hydroxyl groups excluding tert-OH is 4. The standard InChI is InChI=1S/C34H52O10/c1-16(2)13-19(35)14-17(3)23-25(36)26(37)24-21-8-7-18-15-20(9-11-33(18,4)22(21)10-12-34(23,24)5)43-32-29(40)27(38)28(39)30(44-32)31(41)42-6/h16-18,20-22,24,27-30,32,36,38-40H,7-15H2,1-6H3/t17-,18+,20+,21-,22+,24+,27+,28+,29-,30+,32-,33+,34-/m1/s1. The third kappa shape index (κ3) is 5.57. The molecule has 0 aromatic carbocycles. The van der Waals surface area contributed by atoms with Crippen LogP contribution in [-0.4, -0.2) is 81.9 Å². The van der Waals surface area contributed by atoms with Crippen LogP contribution < -0.4 is 0 Å². The number of fused-ring (bicyclic) bond motifs is 5. The second-order valence-electron chi connectivity index (χ2n) is 15.3. The molecule has 4 fully saturated rings. The SMILES string of the molecule is COC(=O)[C@H]1O[C@@H](O[C@H]2CC[C@@]3(C)[C@@H](CC[C@H]4[C@H]5C(=O)C(O)=C([C@H](C)CC(=O)CC(C)C)[C@@]5(C)CC[C@@H]43)C2)[C@H](O)[C@@H](O)[C@@H]1O. The summed E-state index contributed by atoms with van der Waals surface area (Å²) < 4.78 is 16.4. The first-order valence-electron chi connectivity index (χ1n) is 16.6. The molecular weight excluding hydrogens is 568 g/mol. The first-order valence-corrected chi connectivity index (χ1v) is 16.6. The molecule has 10 nitrogen and oxygen atoms in total. The molecule has 0 unspecified atom stereocenters. The first kappa shape index (κ1) is 33.5. The van der Waals surface area contributed by atoms with Crippen LogP contribution in [0, 0.1) is 46.3 Å². The van der Waals surface area contributed by atoms with Gasteiger partial charge in [0.1, 0.15) is 24.1 Å². The smallest absolute Gasteiger partial charge is 0.337 e. The number of rotatable bonds is 8. The Hall–Kier alpha value is -1.85. The van der Waals surface area contributed by atoms with E-state index in [-0.39, 0.29) is 52.5 Å². The Kier molecular flexibility index (Phi) is 9.44. The van der Waals surface area contributed by atoms with E-state index in [1.54, 1.807) is 0 Å². The molecule has 1 aliphatic heterocycles. The van der Waals surface area contributed by atoms with Gasteiger partial charge in [0.05, 0.1) is 13.2 Å². The lowest BCUT2D eigenvalue weighted by Gasteiger charge is -2.60. The number of ketones is 2. The van der Waals surface area contributed by atoms with E-state index in [1.165, 1.54) is 0 Å². The number of hydrogen-bond acceptors (Lipinski definition) is 10. The predicted octanol–water partition coefficient (Wildman–Crippen LogP) is 3.64. The number of Topliss-reactive ketones (excluding diaryl/α,β-unsaturated/α-hetero) is 2. The summed E-state index contributed by atoms with van der Waals surface area (Å²) >= 11 is 0. The van der Waals surface area contributed by atoms with Gasteiger partial charge in [0.2, 0.25) is 5.78 Å². The van der Waals surface area contributed by atoms with Crippen LogP contribution in [0.15, 0.2) is 11.3 Å². The fourth-order valence-corrected chi connectivity index (χ4v) is 10.1. The molecule has 5 rings (SSSR count). The Morgan fingerprint density at radius 2 is 1.68 bits per heavy atom. The van der Waals surface area contributed by atoms with Gasteiger partial charge in [0, 0.05) is 24.2 Å². The molecule has 0 spiro atoms. The number of carbonyl (C=O) groups excluding carboxylic acids is 3. The van der Waals surface area contributed by atoms with Gasteiger partial charge in [-0.05, 0) is 85.5 Å². The van der Waals surface area contributed by atoms with Gasteiger partial charge >= 0.3 is 5.97 Å². The third-order valence-corrected chi connectivity index (χ3v) is 12.2. The molecule has 3 saturated carbocycles.